The highest BCUT2D eigenvalue weighted by molar-refractivity contribution is 5.29. The highest BCUT2D eigenvalue weighted by Crippen LogP contribution is 2.19. The summed E-state index contributed by atoms with van der Waals surface area (Å²) in [6, 6.07) is 6.11. The summed E-state index contributed by atoms with van der Waals surface area (Å²) in [5.74, 6) is 0.133. The fourth-order valence-electron chi connectivity index (χ4n) is 1.24. The van der Waals surface area contributed by atoms with Crippen molar-refractivity contribution in [1.29, 1.82) is 0 Å². The van der Waals surface area contributed by atoms with Crippen molar-refractivity contribution >= 4 is 0 Å². The van der Waals surface area contributed by atoms with E-state index in [-0.39, 0.29) is 11.8 Å². The molecule has 0 amide bonds. The maximum Gasteiger partial charge on any atom is 0.387 e. The van der Waals surface area contributed by atoms with Crippen LogP contribution in [0.5, 0.6) is 5.75 Å². The Hall–Kier alpha value is -1.20. The molecule has 5 heteroatoms. The zero-order chi connectivity index (χ0) is 11.3. The van der Waals surface area contributed by atoms with Gasteiger partial charge >= 0.3 is 6.61 Å². The zero-order valence-electron chi connectivity index (χ0n) is 8.20. The second kappa shape index (κ2) is 5.63. The van der Waals surface area contributed by atoms with Gasteiger partial charge in [-0.15, -0.1) is 0 Å². The van der Waals surface area contributed by atoms with Crippen LogP contribution in [0.3, 0.4) is 0 Å². The summed E-state index contributed by atoms with van der Waals surface area (Å²) in [4.78, 5) is 0. The minimum atomic E-state index is -2.80. The van der Waals surface area contributed by atoms with Crippen LogP contribution in [0.2, 0.25) is 0 Å². The third-order valence-corrected chi connectivity index (χ3v) is 2.01. The summed E-state index contributed by atoms with van der Waals surface area (Å²) in [6.45, 7) is -2.30. The number of alkyl halides is 2. The van der Waals surface area contributed by atoms with Gasteiger partial charge in [0.2, 0.25) is 0 Å². The third-order valence-electron chi connectivity index (χ3n) is 2.01. The Labute approximate surface area is 87.0 Å². The molecule has 1 aromatic carbocycles. The molecule has 0 saturated heterocycles. The lowest BCUT2D eigenvalue weighted by Crippen LogP contribution is -2.15. The first kappa shape index (κ1) is 11.9. The van der Waals surface area contributed by atoms with Gasteiger partial charge in [-0.25, -0.2) is 0 Å². The van der Waals surface area contributed by atoms with Crippen molar-refractivity contribution in [2.45, 2.75) is 19.1 Å². The SMILES string of the molecule is NCC[C@H](N)c1ccc(OC(F)F)cc1. The second-order valence-corrected chi connectivity index (χ2v) is 3.13. The second-order valence-electron chi connectivity index (χ2n) is 3.13. The molecule has 0 aromatic heterocycles. The third kappa shape index (κ3) is 3.81. The lowest BCUT2D eigenvalue weighted by atomic mass is 10.1. The van der Waals surface area contributed by atoms with Gasteiger partial charge in [0.05, 0.1) is 0 Å². The molecule has 3 nitrogen and oxygen atoms in total. The van der Waals surface area contributed by atoms with Crippen LogP contribution in [0.25, 0.3) is 0 Å². The Morgan fingerprint density at radius 3 is 2.27 bits per heavy atom. The van der Waals surface area contributed by atoms with E-state index in [1.807, 2.05) is 0 Å². The Morgan fingerprint density at radius 1 is 1.20 bits per heavy atom. The van der Waals surface area contributed by atoms with Gasteiger partial charge in [0.1, 0.15) is 5.75 Å². The van der Waals surface area contributed by atoms with E-state index in [0.717, 1.165) is 5.56 Å². The molecular formula is C10H14F2N2O. The van der Waals surface area contributed by atoms with Gasteiger partial charge in [0.25, 0.3) is 0 Å². The maximum absolute atomic E-state index is 11.8. The normalized spacial score (nSPS) is 12.9. The highest BCUT2D eigenvalue weighted by Gasteiger charge is 2.07. The molecule has 0 aliphatic rings. The lowest BCUT2D eigenvalue weighted by molar-refractivity contribution is -0.0498. The van der Waals surface area contributed by atoms with Crippen LogP contribution in [0.4, 0.5) is 8.78 Å². The molecule has 0 radical (unpaired) electrons. The first-order valence-electron chi connectivity index (χ1n) is 4.64. The van der Waals surface area contributed by atoms with Crippen molar-refractivity contribution in [1.82, 2.24) is 0 Å². The molecule has 4 N–H and O–H groups in total. The molecule has 0 fully saturated rings. The van der Waals surface area contributed by atoms with Gasteiger partial charge < -0.3 is 16.2 Å². The van der Waals surface area contributed by atoms with Crippen LogP contribution in [0.15, 0.2) is 24.3 Å². The van der Waals surface area contributed by atoms with Crippen molar-refractivity contribution in [3.8, 4) is 5.75 Å². The van der Waals surface area contributed by atoms with E-state index in [0.29, 0.717) is 13.0 Å². The minimum absolute atomic E-state index is 0.133. The van der Waals surface area contributed by atoms with Crippen molar-refractivity contribution in [2.75, 3.05) is 6.54 Å². The smallest absolute Gasteiger partial charge is 0.387 e. The van der Waals surface area contributed by atoms with Gasteiger partial charge in [0, 0.05) is 6.04 Å². The summed E-state index contributed by atoms with van der Waals surface area (Å²) in [5.41, 5.74) is 12.0. The van der Waals surface area contributed by atoms with E-state index in [2.05, 4.69) is 4.74 Å². The Morgan fingerprint density at radius 2 is 1.80 bits per heavy atom. The van der Waals surface area contributed by atoms with E-state index in [4.69, 9.17) is 11.5 Å². The van der Waals surface area contributed by atoms with E-state index in [9.17, 15) is 8.78 Å². The van der Waals surface area contributed by atoms with Crippen LogP contribution in [-0.4, -0.2) is 13.2 Å². The maximum atomic E-state index is 11.8. The fourth-order valence-corrected chi connectivity index (χ4v) is 1.24. The van der Waals surface area contributed by atoms with E-state index >= 15 is 0 Å². The molecule has 0 unspecified atom stereocenters. The largest absolute Gasteiger partial charge is 0.435 e. The van der Waals surface area contributed by atoms with Crippen LogP contribution >= 0.6 is 0 Å². The number of rotatable bonds is 5. The fraction of sp³-hybridized carbons (Fsp3) is 0.400. The topological polar surface area (TPSA) is 61.3 Å². The number of hydrogen-bond donors (Lipinski definition) is 2. The van der Waals surface area contributed by atoms with Gasteiger partial charge in [0.15, 0.2) is 0 Å². The van der Waals surface area contributed by atoms with Gasteiger partial charge in [-0.05, 0) is 30.7 Å². The summed E-state index contributed by atoms with van der Waals surface area (Å²) in [5, 5.41) is 0. The predicted molar refractivity (Wildman–Crippen MR) is 53.7 cm³/mol. The minimum Gasteiger partial charge on any atom is -0.435 e. The Kier molecular flexibility index (Phi) is 4.45. The van der Waals surface area contributed by atoms with Crippen molar-refractivity contribution in [2.24, 2.45) is 11.5 Å². The van der Waals surface area contributed by atoms with E-state index < -0.39 is 6.61 Å². The molecule has 1 aromatic rings. The van der Waals surface area contributed by atoms with Crippen molar-refractivity contribution in [3.05, 3.63) is 29.8 Å². The molecule has 0 aliphatic heterocycles. The summed E-state index contributed by atoms with van der Waals surface area (Å²) in [7, 11) is 0. The average molecular weight is 216 g/mol. The predicted octanol–water partition coefficient (Wildman–Crippen LogP) is 1.64. The number of nitrogens with two attached hydrogens (primary N) is 2. The van der Waals surface area contributed by atoms with Crippen LogP contribution in [-0.2, 0) is 0 Å². The molecule has 1 rings (SSSR count). The Bertz CT molecular complexity index is 290. The van der Waals surface area contributed by atoms with Crippen molar-refractivity contribution < 1.29 is 13.5 Å². The van der Waals surface area contributed by atoms with Crippen LogP contribution in [0.1, 0.15) is 18.0 Å². The molecule has 84 valence electrons. The van der Waals surface area contributed by atoms with E-state index in [1.165, 1.54) is 12.1 Å². The van der Waals surface area contributed by atoms with Gasteiger partial charge in [-0.3, -0.25) is 0 Å². The van der Waals surface area contributed by atoms with Gasteiger partial charge in [-0.2, -0.15) is 8.78 Å². The molecule has 0 saturated carbocycles. The van der Waals surface area contributed by atoms with Crippen LogP contribution < -0.4 is 16.2 Å². The molecular weight excluding hydrogens is 202 g/mol. The standard InChI is InChI=1S/C10H14F2N2O/c11-10(12)15-8-3-1-7(2-4-8)9(14)5-6-13/h1-4,9-10H,5-6,13-14H2/t9-/m0/s1. The number of halogens is 2. The Balaban J connectivity index is 2.63. The highest BCUT2D eigenvalue weighted by atomic mass is 19.3. The van der Waals surface area contributed by atoms with Crippen LogP contribution in [0, 0.1) is 0 Å². The average Bonchev–Trinajstić information content (AvgIpc) is 2.18. The molecule has 0 bridgehead atoms. The number of ether oxygens (including phenoxy) is 1. The molecule has 0 aliphatic carbocycles. The van der Waals surface area contributed by atoms with Crippen molar-refractivity contribution in [3.63, 3.8) is 0 Å². The number of benzene rings is 1. The quantitative estimate of drug-likeness (QED) is 0.786. The molecule has 1 atom stereocenters. The summed E-state index contributed by atoms with van der Waals surface area (Å²) < 4.78 is 27.9. The lowest BCUT2D eigenvalue weighted by Gasteiger charge is -2.11. The molecule has 0 spiro atoms. The van der Waals surface area contributed by atoms with E-state index in [1.54, 1.807) is 12.1 Å². The number of hydrogen-bond acceptors (Lipinski definition) is 3. The summed E-state index contributed by atoms with van der Waals surface area (Å²) >= 11 is 0. The molecule has 0 heterocycles. The molecule has 15 heavy (non-hydrogen) atoms. The summed E-state index contributed by atoms with van der Waals surface area (Å²) in [6.07, 6.45) is 0.662. The van der Waals surface area contributed by atoms with Gasteiger partial charge in [-0.1, -0.05) is 12.1 Å². The first-order chi connectivity index (χ1) is 7.13. The monoisotopic (exact) mass is 216 g/mol. The first-order valence-corrected chi connectivity index (χ1v) is 4.64. The zero-order valence-corrected chi connectivity index (χ0v) is 8.20.